The number of aliphatic hydroxyl groups is 1. The van der Waals surface area contributed by atoms with E-state index in [4.69, 9.17) is 5.11 Å². The minimum Gasteiger partial charge on any atom is -0.395 e. The van der Waals surface area contributed by atoms with Crippen molar-refractivity contribution in [3.05, 3.63) is 30.1 Å². The summed E-state index contributed by atoms with van der Waals surface area (Å²) in [4.78, 5) is 34.4. The van der Waals surface area contributed by atoms with Gasteiger partial charge in [-0.3, -0.25) is 14.6 Å². The van der Waals surface area contributed by atoms with Crippen LogP contribution in [0.3, 0.4) is 0 Å². The number of pyridine rings is 1. The molecule has 3 heterocycles. The highest BCUT2D eigenvalue weighted by Crippen LogP contribution is 2.42. The molecule has 0 radical (unpaired) electrons. The molecule has 2 fully saturated rings. The van der Waals surface area contributed by atoms with Gasteiger partial charge in [0.1, 0.15) is 0 Å². The second-order valence-electron chi connectivity index (χ2n) is 8.42. The smallest absolute Gasteiger partial charge is 0.228 e. The number of nitrogens with one attached hydrogen (secondary N) is 1. The van der Waals surface area contributed by atoms with Crippen molar-refractivity contribution in [3.63, 3.8) is 0 Å². The van der Waals surface area contributed by atoms with Crippen LogP contribution in [-0.2, 0) is 16.0 Å². The number of fused-ring (bicyclic) bond motifs is 1. The number of aromatic nitrogens is 1. The third kappa shape index (κ3) is 5.14. The molecule has 1 aromatic heterocycles. The van der Waals surface area contributed by atoms with Crippen LogP contribution in [0, 0.1) is 5.41 Å². The van der Waals surface area contributed by atoms with E-state index in [1.54, 1.807) is 6.20 Å². The van der Waals surface area contributed by atoms with Crippen molar-refractivity contribution in [2.45, 2.75) is 51.0 Å². The van der Waals surface area contributed by atoms with Crippen LogP contribution in [0.25, 0.3) is 0 Å². The number of nitrogens with zero attached hydrogens (tertiary/aromatic N) is 3. The van der Waals surface area contributed by atoms with Crippen molar-refractivity contribution in [3.8, 4) is 0 Å². The van der Waals surface area contributed by atoms with Crippen molar-refractivity contribution in [1.82, 2.24) is 20.1 Å². The summed E-state index contributed by atoms with van der Waals surface area (Å²) >= 11 is 0. The lowest BCUT2D eigenvalue weighted by molar-refractivity contribution is -0.154. The van der Waals surface area contributed by atoms with Crippen LogP contribution in [0.1, 0.15) is 44.1 Å². The Balaban J connectivity index is 1.61. The van der Waals surface area contributed by atoms with Gasteiger partial charge in [-0.05, 0) is 63.7 Å². The van der Waals surface area contributed by atoms with E-state index >= 15 is 0 Å². The molecule has 0 aromatic carbocycles. The summed E-state index contributed by atoms with van der Waals surface area (Å²) in [5.74, 6) is 0.161. The quantitative estimate of drug-likeness (QED) is 0.639. The number of carbonyl (C=O) groups excluding carboxylic acids is 2. The average molecular weight is 403 g/mol. The Bertz CT molecular complexity index is 684. The number of hydrogen-bond donors (Lipinski definition) is 2. The van der Waals surface area contributed by atoms with E-state index in [0.29, 0.717) is 6.42 Å². The summed E-state index contributed by atoms with van der Waals surface area (Å²) in [7, 11) is 2.06. The zero-order valence-electron chi connectivity index (χ0n) is 17.5. The number of hydrogen-bond acceptors (Lipinski definition) is 5. The molecule has 2 aliphatic rings. The molecule has 0 spiro atoms. The van der Waals surface area contributed by atoms with Crippen molar-refractivity contribution in [2.75, 3.05) is 39.8 Å². The maximum absolute atomic E-state index is 13.1. The van der Waals surface area contributed by atoms with Crippen molar-refractivity contribution < 1.29 is 14.7 Å². The zero-order valence-corrected chi connectivity index (χ0v) is 17.5. The monoisotopic (exact) mass is 402 g/mol. The summed E-state index contributed by atoms with van der Waals surface area (Å²) < 4.78 is 0. The Labute approximate surface area is 173 Å². The first-order valence-electron chi connectivity index (χ1n) is 10.8. The average Bonchev–Trinajstić information content (AvgIpc) is 2.75. The predicted octanol–water partition coefficient (Wildman–Crippen LogP) is 1.22. The lowest BCUT2D eigenvalue weighted by Crippen LogP contribution is -2.66. The van der Waals surface area contributed by atoms with Gasteiger partial charge in [0.05, 0.1) is 18.1 Å². The lowest BCUT2D eigenvalue weighted by Gasteiger charge is -2.53. The third-order valence-corrected chi connectivity index (χ3v) is 6.46. The summed E-state index contributed by atoms with van der Waals surface area (Å²) in [6.45, 7) is 2.52. The molecule has 2 aliphatic heterocycles. The molecule has 0 bridgehead atoms. The second-order valence-corrected chi connectivity index (χ2v) is 8.42. The molecule has 29 heavy (non-hydrogen) atoms. The van der Waals surface area contributed by atoms with E-state index in [1.807, 2.05) is 17.2 Å². The highest BCUT2D eigenvalue weighted by molar-refractivity contribution is 5.85. The Morgan fingerprint density at radius 2 is 2.17 bits per heavy atom. The number of rotatable bonds is 8. The maximum atomic E-state index is 13.1. The van der Waals surface area contributed by atoms with Crippen molar-refractivity contribution in [2.24, 2.45) is 5.41 Å². The van der Waals surface area contributed by atoms with Crippen molar-refractivity contribution in [1.29, 1.82) is 0 Å². The van der Waals surface area contributed by atoms with Crippen molar-refractivity contribution >= 4 is 11.8 Å². The largest absolute Gasteiger partial charge is 0.395 e. The first-order chi connectivity index (χ1) is 14.1. The van der Waals surface area contributed by atoms with Crippen LogP contribution in [0.2, 0.25) is 0 Å². The Kier molecular flexibility index (Phi) is 7.61. The fourth-order valence-electron chi connectivity index (χ4n) is 4.84. The molecule has 0 aliphatic carbocycles. The number of carbonyl (C=O) groups is 2. The Hall–Kier alpha value is -1.99. The van der Waals surface area contributed by atoms with Crippen LogP contribution in [0.15, 0.2) is 24.5 Å². The normalized spacial score (nSPS) is 24.8. The summed E-state index contributed by atoms with van der Waals surface area (Å²) in [6, 6.07) is 3.92. The molecule has 0 unspecified atom stereocenters. The number of unbranched alkanes of at least 4 members (excludes halogenated alkanes) is 1. The van der Waals surface area contributed by atoms with E-state index in [-0.39, 0.29) is 31.0 Å². The third-order valence-electron chi connectivity index (χ3n) is 6.46. The van der Waals surface area contributed by atoms with Gasteiger partial charge in [-0.15, -0.1) is 0 Å². The number of piperidine rings is 2. The zero-order chi connectivity index (χ0) is 20.7. The summed E-state index contributed by atoms with van der Waals surface area (Å²) in [5, 5.41) is 12.0. The van der Waals surface area contributed by atoms with E-state index in [1.165, 1.54) is 5.56 Å². The fourth-order valence-corrected chi connectivity index (χ4v) is 4.84. The van der Waals surface area contributed by atoms with E-state index < -0.39 is 5.41 Å². The number of likely N-dealkylation sites (tertiary alicyclic amines) is 2. The van der Waals surface area contributed by atoms with Gasteiger partial charge < -0.3 is 20.2 Å². The molecule has 0 saturated carbocycles. The van der Waals surface area contributed by atoms with Crippen LogP contribution < -0.4 is 5.32 Å². The van der Waals surface area contributed by atoms with E-state index in [9.17, 15) is 9.59 Å². The minimum absolute atomic E-state index is 0.00118. The number of amides is 2. The summed E-state index contributed by atoms with van der Waals surface area (Å²) in [5.41, 5.74) is 0.678. The van der Waals surface area contributed by atoms with Gasteiger partial charge in [0.2, 0.25) is 11.8 Å². The first-order valence-corrected chi connectivity index (χ1v) is 10.8. The Morgan fingerprint density at radius 3 is 2.93 bits per heavy atom. The van der Waals surface area contributed by atoms with Crippen LogP contribution >= 0.6 is 0 Å². The highest BCUT2D eigenvalue weighted by atomic mass is 16.3. The van der Waals surface area contributed by atoms with Gasteiger partial charge in [-0.25, -0.2) is 0 Å². The molecule has 3 rings (SSSR count). The number of aryl methyl sites for hydroxylation is 1. The molecular formula is C22H34N4O3. The van der Waals surface area contributed by atoms with Gasteiger partial charge in [0.15, 0.2) is 0 Å². The second kappa shape index (κ2) is 10.2. The van der Waals surface area contributed by atoms with Gasteiger partial charge in [0, 0.05) is 38.4 Å². The molecule has 1 aromatic rings. The predicted molar refractivity (Wildman–Crippen MR) is 111 cm³/mol. The molecule has 7 nitrogen and oxygen atoms in total. The molecular weight excluding hydrogens is 368 g/mol. The van der Waals surface area contributed by atoms with E-state index in [0.717, 1.165) is 58.2 Å². The molecule has 7 heteroatoms. The van der Waals surface area contributed by atoms with Gasteiger partial charge >= 0.3 is 0 Å². The van der Waals surface area contributed by atoms with Crippen LogP contribution in [0.5, 0.6) is 0 Å². The Morgan fingerprint density at radius 1 is 1.31 bits per heavy atom. The van der Waals surface area contributed by atoms with Gasteiger partial charge in [0.25, 0.3) is 0 Å². The topological polar surface area (TPSA) is 85.8 Å². The van der Waals surface area contributed by atoms with E-state index in [2.05, 4.69) is 28.3 Å². The molecule has 160 valence electrons. The summed E-state index contributed by atoms with van der Waals surface area (Å²) in [6.07, 6.45) is 9.33. The van der Waals surface area contributed by atoms with Crippen LogP contribution in [-0.4, -0.2) is 77.6 Å². The lowest BCUT2D eigenvalue weighted by atomic mass is 9.67. The molecule has 2 saturated heterocycles. The minimum atomic E-state index is -0.523. The first kappa shape index (κ1) is 21.7. The highest BCUT2D eigenvalue weighted by Gasteiger charge is 2.53. The molecule has 2 atom stereocenters. The van der Waals surface area contributed by atoms with Gasteiger partial charge in [-0.2, -0.15) is 0 Å². The standard InChI is InChI=1S/C22H34N4O3/c1-25-14-10-22(21(29)24-12-15-27)9-5-13-26(19(22)17-25)20(28)8-3-2-6-18-7-4-11-23-16-18/h4,7,11,16,19,27H,2-3,5-6,8-10,12-15,17H2,1H3,(H,24,29)/t19-,22+/m0/s1. The number of aliphatic hydroxyl groups excluding tert-OH is 1. The number of likely N-dealkylation sites (N-methyl/N-ethyl adjacent to an activating group) is 1. The maximum Gasteiger partial charge on any atom is 0.228 e. The van der Waals surface area contributed by atoms with Gasteiger partial charge in [-0.1, -0.05) is 6.07 Å². The SMILES string of the molecule is CN1CC[C@]2(C(=O)NCCO)CCCN(C(=O)CCCCc3cccnc3)[C@H]2C1. The van der Waals surface area contributed by atoms with Crippen LogP contribution in [0.4, 0.5) is 0 Å². The fraction of sp³-hybridized carbons (Fsp3) is 0.682. The molecule has 2 amide bonds. The molecule has 2 N–H and O–H groups in total.